The zero-order chi connectivity index (χ0) is 30.7. The molecule has 3 N–H and O–H groups in total. The van der Waals surface area contributed by atoms with E-state index < -0.39 is 11.8 Å². The lowest BCUT2D eigenvalue weighted by Crippen LogP contribution is -2.30. The van der Waals surface area contributed by atoms with Gasteiger partial charge in [-0.3, -0.25) is 14.4 Å². The Hall–Kier alpha value is -4.99. The van der Waals surface area contributed by atoms with Crippen molar-refractivity contribution in [3.63, 3.8) is 0 Å². The molecule has 0 aliphatic heterocycles. The summed E-state index contributed by atoms with van der Waals surface area (Å²) in [7, 11) is 0. The van der Waals surface area contributed by atoms with Gasteiger partial charge < -0.3 is 16.0 Å². The molecule has 0 bridgehead atoms. The van der Waals surface area contributed by atoms with Gasteiger partial charge in [0.2, 0.25) is 5.91 Å². The van der Waals surface area contributed by atoms with Gasteiger partial charge in [0, 0.05) is 27.7 Å². The highest BCUT2D eigenvalue weighted by Crippen LogP contribution is 2.29. The highest BCUT2D eigenvalue weighted by atomic mass is 32.2. The summed E-state index contributed by atoms with van der Waals surface area (Å²) >= 11 is 2.77. The Morgan fingerprint density at radius 1 is 0.841 bits per heavy atom. The van der Waals surface area contributed by atoms with Crippen molar-refractivity contribution in [1.29, 1.82) is 0 Å². The Morgan fingerprint density at radius 3 is 2.23 bits per heavy atom. The topological polar surface area (TPSA) is 100 Å². The summed E-state index contributed by atoms with van der Waals surface area (Å²) in [6, 6.07) is 33.8. The van der Waals surface area contributed by atoms with Crippen molar-refractivity contribution in [3.8, 4) is 11.1 Å². The fraction of sp³-hybridized carbons (Fsp3) is 0.0857. The number of hydrogen-bond donors (Lipinski definition) is 3. The Bertz CT molecular complexity index is 1740. The number of thioether (sulfide) groups is 1. The first-order valence-electron chi connectivity index (χ1n) is 14.0. The smallest absolute Gasteiger partial charge is 0.272 e. The van der Waals surface area contributed by atoms with Gasteiger partial charge in [-0.1, -0.05) is 85.8 Å². The molecular weight excluding hydrogens is 589 g/mol. The summed E-state index contributed by atoms with van der Waals surface area (Å²) in [5.74, 6) is -1.000. The second-order valence-corrected chi connectivity index (χ2v) is 11.9. The Labute approximate surface area is 264 Å². The van der Waals surface area contributed by atoms with Crippen LogP contribution in [-0.4, -0.2) is 28.0 Å². The summed E-state index contributed by atoms with van der Waals surface area (Å²) in [5.41, 5.74) is 3.95. The number of rotatable bonds is 11. The molecule has 0 saturated carbocycles. The zero-order valence-corrected chi connectivity index (χ0v) is 25.5. The number of carbonyl (C=O) groups is 3. The molecule has 4 aromatic carbocycles. The van der Waals surface area contributed by atoms with Gasteiger partial charge in [-0.25, -0.2) is 4.98 Å². The Kier molecular flexibility index (Phi) is 10.4. The van der Waals surface area contributed by atoms with Crippen LogP contribution in [0.1, 0.15) is 29.3 Å². The van der Waals surface area contributed by atoms with Crippen molar-refractivity contribution in [1.82, 2.24) is 10.3 Å². The summed E-state index contributed by atoms with van der Waals surface area (Å²) in [4.78, 5) is 44.4. The number of amides is 3. The predicted octanol–water partition coefficient (Wildman–Crippen LogP) is 7.73. The van der Waals surface area contributed by atoms with E-state index >= 15 is 0 Å². The molecule has 0 saturated heterocycles. The van der Waals surface area contributed by atoms with Crippen molar-refractivity contribution in [3.05, 3.63) is 138 Å². The minimum atomic E-state index is -0.475. The molecule has 220 valence electrons. The quantitative estimate of drug-likeness (QED) is 0.104. The third kappa shape index (κ3) is 8.31. The lowest BCUT2D eigenvalue weighted by Gasteiger charge is -2.15. The van der Waals surface area contributed by atoms with Crippen molar-refractivity contribution >= 4 is 57.7 Å². The van der Waals surface area contributed by atoms with Crippen LogP contribution in [0.3, 0.4) is 0 Å². The normalized spacial score (nSPS) is 11.8. The number of aromatic nitrogens is 1. The van der Waals surface area contributed by atoms with E-state index in [2.05, 4.69) is 20.9 Å². The third-order valence-corrected chi connectivity index (χ3v) is 8.60. The van der Waals surface area contributed by atoms with E-state index in [1.165, 1.54) is 23.1 Å². The number of hydrogen-bond acceptors (Lipinski definition) is 6. The van der Waals surface area contributed by atoms with Gasteiger partial charge in [0.25, 0.3) is 11.8 Å². The van der Waals surface area contributed by atoms with Crippen LogP contribution in [0.15, 0.2) is 131 Å². The molecule has 1 aromatic heterocycles. The van der Waals surface area contributed by atoms with Gasteiger partial charge in [0.1, 0.15) is 5.70 Å². The minimum Gasteiger partial charge on any atom is -0.321 e. The Morgan fingerprint density at radius 2 is 1.55 bits per heavy atom. The van der Waals surface area contributed by atoms with Crippen LogP contribution in [0, 0.1) is 0 Å². The number of nitrogens with zero attached hydrogens (tertiary/aromatic N) is 1. The van der Waals surface area contributed by atoms with Gasteiger partial charge in [0.15, 0.2) is 5.13 Å². The predicted molar refractivity (Wildman–Crippen MR) is 180 cm³/mol. The molecule has 0 spiro atoms. The first-order chi connectivity index (χ1) is 21.5. The number of carbonyl (C=O) groups excluding carboxylic acids is 3. The fourth-order valence-corrected chi connectivity index (χ4v) is 5.86. The SMILES string of the molecule is CCC(Sc1cccc(NC(=O)/C(=C\c2ccc(-c3ccccc3)cc2)NC(=O)c2ccccc2)c1)C(=O)Nc1nccs1. The molecule has 44 heavy (non-hydrogen) atoms. The summed E-state index contributed by atoms with van der Waals surface area (Å²) in [6.07, 6.45) is 3.91. The maximum absolute atomic E-state index is 13.6. The number of thiazole rings is 1. The highest BCUT2D eigenvalue weighted by Gasteiger charge is 2.20. The summed E-state index contributed by atoms with van der Waals surface area (Å²) < 4.78 is 0. The van der Waals surface area contributed by atoms with Crippen molar-refractivity contribution in [2.75, 3.05) is 10.6 Å². The van der Waals surface area contributed by atoms with Crippen LogP contribution in [0.2, 0.25) is 0 Å². The molecule has 9 heteroatoms. The second-order valence-electron chi connectivity index (χ2n) is 9.69. The molecule has 5 aromatic rings. The van der Waals surface area contributed by atoms with Crippen molar-refractivity contribution in [2.45, 2.75) is 23.5 Å². The van der Waals surface area contributed by atoms with E-state index in [0.29, 0.717) is 22.8 Å². The molecule has 0 aliphatic carbocycles. The first-order valence-corrected chi connectivity index (χ1v) is 15.8. The minimum absolute atomic E-state index is 0.0960. The van der Waals surface area contributed by atoms with Crippen molar-refractivity contribution in [2.24, 2.45) is 0 Å². The number of anilines is 2. The number of nitrogens with one attached hydrogen (secondary N) is 3. The van der Waals surface area contributed by atoms with Crippen molar-refractivity contribution < 1.29 is 14.4 Å². The molecule has 7 nitrogen and oxygen atoms in total. The molecule has 5 rings (SSSR count). The van der Waals surface area contributed by atoms with Gasteiger partial charge in [-0.2, -0.15) is 0 Å². The molecule has 1 atom stereocenters. The summed E-state index contributed by atoms with van der Waals surface area (Å²) in [6.45, 7) is 1.95. The van der Waals surface area contributed by atoms with Crippen LogP contribution >= 0.6 is 23.1 Å². The first kappa shape index (κ1) is 30.5. The van der Waals surface area contributed by atoms with Crippen LogP contribution in [0.4, 0.5) is 10.8 Å². The zero-order valence-electron chi connectivity index (χ0n) is 23.9. The highest BCUT2D eigenvalue weighted by molar-refractivity contribution is 8.00. The largest absolute Gasteiger partial charge is 0.321 e. The Balaban J connectivity index is 1.34. The van der Waals surface area contributed by atoms with Gasteiger partial charge in [-0.05, 0) is 59.5 Å². The molecule has 3 amide bonds. The lowest BCUT2D eigenvalue weighted by molar-refractivity contribution is -0.116. The van der Waals surface area contributed by atoms with Crippen LogP contribution in [0.25, 0.3) is 17.2 Å². The summed E-state index contributed by atoms with van der Waals surface area (Å²) in [5, 5.41) is 10.6. The van der Waals surface area contributed by atoms with E-state index in [4.69, 9.17) is 0 Å². The van der Waals surface area contributed by atoms with E-state index in [0.717, 1.165) is 21.6 Å². The third-order valence-electron chi connectivity index (χ3n) is 6.55. The van der Waals surface area contributed by atoms with Gasteiger partial charge in [-0.15, -0.1) is 23.1 Å². The maximum atomic E-state index is 13.6. The van der Waals surface area contributed by atoms with E-state index in [-0.39, 0.29) is 16.9 Å². The second kappa shape index (κ2) is 15.0. The molecule has 1 unspecified atom stereocenters. The molecule has 0 fully saturated rings. The van der Waals surface area contributed by atoms with E-state index in [1.807, 2.05) is 85.8 Å². The molecular formula is C35H30N4O3S2. The fourth-order valence-electron chi connectivity index (χ4n) is 4.31. The van der Waals surface area contributed by atoms with Gasteiger partial charge in [0.05, 0.1) is 5.25 Å². The molecule has 0 aliphatic rings. The molecule has 1 heterocycles. The number of benzene rings is 4. The average molecular weight is 619 g/mol. The van der Waals surface area contributed by atoms with Crippen LogP contribution in [-0.2, 0) is 9.59 Å². The van der Waals surface area contributed by atoms with Crippen LogP contribution in [0.5, 0.6) is 0 Å². The monoisotopic (exact) mass is 618 g/mol. The standard InChI is InChI=1S/C35H30N4O3S2/c1-2-31(34(42)39-35-36-20-21-43-35)44-29-15-9-14-28(23-29)37-33(41)30(38-32(40)27-12-7-4-8-13-27)22-24-16-18-26(19-17-24)25-10-5-3-6-11-25/h3-23,31H,2H2,1H3,(H,37,41)(H,38,40)(H,36,39,42)/b30-22+. The lowest BCUT2D eigenvalue weighted by atomic mass is 10.0. The maximum Gasteiger partial charge on any atom is 0.272 e. The van der Waals surface area contributed by atoms with E-state index in [9.17, 15) is 14.4 Å². The van der Waals surface area contributed by atoms with Crippen LogP contribution < -0.4 is 16.0 Å². The molecule has 0 radical (unpaired) electrons. The van der Waals surface area contributed by atoms with Gasteiger partial charge >= 0.3 is 0 Å². The van der Waals surface area contributed by atoms with E-state index in [1.54, 1.807) is 48.0 Å². The average Bonchev–Trinajstić information content (AvgIpc) is 3.57.